The Hall–Kier alpha value is -1.02. The molecule has 2 atom stereocenters. The third-order valence-electron chi connectivity index (χ3n) is 3.79. The van der Waals surface area contributed by atoms with Gasteiger partial charge in [0.05, 0.1) is 7.11 Å². The molecule has 0 spiro atoms. The Kier molecular flexibility index (Phi) is 4.06. The molecular weight excluding hydrogens is 210 g/mol. The summed E-state index contributed by atoms with van der Waals surface area (Å²) < 4.78 is 5.34. The van der Waals surface area contributed by atoms with Gasteiger partial charge in [0.2, 0.25) is 0 Å². The van der Waals surface area contributed by atoms with Gasteiger partial charge in [-0.2, -0.15) is 0 Å². The van der Waals surface area contributed by atoms with Gasteiger partial charge in [-0.1, -0.05) is 13.0 Å². The first kappa shape index (κ1) is 12.4. The molecular formula is C15H23NO. The highest BCUT2D eigenvalue weighted by molar-refractivity contribution is 5.39. The van der Waals surface area contributed by atoms with Gasteiger partial charge in [-0.15, -0.1) is 0 Å². The molecule has 0 aliphatic heterocycles. The fourth-order valence-electron chi connectivity index (χ4n) is 2.93. The van der Waals surface area contributed by atoms with Gasteiger partial charge in [0, 0.05) is 0 Å². The van der Waals surface area contributed by atoms with Crippen LogP contribution in [-0.2, 0) is 6.42 Å². The average Bonchev–Trinajstić information content (AvgIpc) is 2.35. The summed E-state index contributed by atoms with van der Waals surface area (Å²) in [6.45, 7) is 3.45. The standard InChI is InChI=1S/C15H23NO/c1-11-8-12-4-5-14(17-3)10-15(12)13(9-11)6-7-16-2/h4-5,10-11,13,16H,6-9H2,1-3H3. The van der Waals surface area contributed by atoms with Gasteiger partial charge in [0.25, 0.3) is 0 Å². The SMILES string of the molecule is CNCCC1CC(C)Cc2ccc(OC)cc21. The fourth-order valence-corrected chi connectivity index (χ4v) is 2.93. The Bertz CT molecular complexity index is 375. The molecule has 0 amide bonds. The number of rotatable bonds is 4. The molecule has 0 saturated heterocycles. The van der Waals surface area contributed by atoms with Crippen molar-refractivity contribution < 1.29 is 4.74 Å². The zero-order valence-corrected chi connectivity index (χ0v) is 11.1. The zero-order valence-electron chi connectivity index (χ0n) is 11.1. The van der Waals surface area contributed by atoms with Crippen LogP contribution < -0.4 is 10.1 Å². The van der Waals surface area contributed by atoms with E-state index in [2.05, 4.69) is 30.4 Å². The first-order valence-corrected chi connectivity index (χ1v) is 6.56. The lowest BCUT2D eigenvalue weighted by Crippen LogP contribution is -2.20. The van der Waals surface area contributed by atoms with Crippen molar-refractivity contribution in [2.75, 3.05) is 20.7 Å². The molecule has 0 bridgehead atoms. The summed E-state index contributed by atoms with van der Waals surface area (Å²) in [7, 11) is 3.77. The van der Waals surface area contributed by atoms with Crippen LogP contribution in [0.4, 0.5) is 0 Å². The number of hydrogen-bond donors (Lipinski definition) is 1. The van der Waals surface area contributed by atoms with Gasteiger partial charge in [-0.3, -0.25) is 0 Å². The molecule has 17 heavy (non-hydrogen) atoms. The van der Waals surface area contributed by atoms with Crippen molar-refractivity contribution in [1.82, 2.24) is 5.32 Å². The predicted molar refractivity (Wildman–Crippen MR) is 71.8 cm³/mol. The highest BCUT2D eigenvalue weighted by Gasteiger charge is 2.24. The molecule has 1 N–H and O–H groups in total. The van der Waals surface area contributed by atoms with Crippen LogP contribution in [0.2, 0.25) is 0 Å². The maximum atomic E-state index is 5.34. The third-order valence-corrected chi connectivity index (χ3v) is 3.79. The second kappa shape index (κ2) is 5.54. The van der Waals surface area contributed by atoms with Gasteiger partial charge in [0.15, 0.2) is 0 Å². The van der Waals surface area contributed by atoms with E-state index in [9.17, 15) is 0 Å². The maximum Gasteiger partial charge on any atom is 0.119 e. The lowest BCUT2D eigenvalue weighted by Gasteiger charge is -2.30. The van der Waals surface area contributed by atoms with Crippen molar-refractivity contribution >= 4 is 0 Å². The van der Waals surface area contributed by atoms with Crippen LogP contribution in [0, 0.1) is 5.92 Å². The summed E-state index contributed by atoms with van der Waals surface area (Å²) in [6.07, 6.45) is 3.75. The summed E-state index contributed by atoms with van der Waals surface area (Å²) in [5, 5.41) is 3.26. The highest BCUT2D eigenvalue weighted by atomic mass is 16.5. The lowest BCUT2D eigenvalue weighted by molar-refractivity contribution is 0.397. The maximum absolute atomic E-state index is 5.34. The van der Waals surface area contributed by atoms with Crippen molar-refractivity contribution in [2.45, 2.75) is 32.1 Å². The zero-order chi connectivity index (χ0) is 12.3. The van der Waals surface area contributed by atoms with Gasteiger partial charge >= 0.3 is 0 Å². The number of ether oxygens (including phenoxy) is 1. The normalized spacial score (nSPS) is 23.2. The van der Waals surface area contributed by atoms with Crippen LogP contribution in [0.1, 0.15) is 36.8 Å². The molecule has 1 aromatic rings. The van der Waals surface area contributed by atoms with E-state index in [1.54, 1.807) is 7.11 Å². The Labute approximate surface area is 104 Å². The minimum absolute atomic E-state index is 0.691. The van der Waals surface area contributed by atoms with E-state index >= 15 is 0 Å². The van der Waals surface area contributed by atoms with Crippen LogP contribution in [0.15, 0.2) is 18.2 Å². The van der Waals surface area contributed by atoms with Gasteiger partial charge in [0.1, 0.15) is 5.75 Å². The third kappa shape index (κ3) is 2.81. The van der Waals surface area contributed by atoms with E-state index in [0.717, 1.165) is 18.2 Å². The number of methoxy groups -OCH3 is 1. The van der Waals surface area contributed by atoms with E-state index in [1.165, 1.54) is 30.4 Å². The molecule has 2 unspecified atom stereocenters. The van der Waals surface area contributed by atoms with Crippen LogP contribution in [-0.4, -0.2) is 20.7 Å². The summed E-state index contributed by atoms with van der Waals surface area (Å²) in [4.78, 5) is 0. The summed E-state index contributed by atoms with van der Waals surface area (Å²) >= 11 is 0. The molecule has 2 rings (SSSR count). The molecule has 0 heterocycles. The van der Waals surface area contributed by atoms with Crippen molar-refractivity contribution in [3.8, 4) is 5.75 Å². The van der Waals surface area contributed by atoms with Crippen LogP contribution in [0.3, 0.4) is 0 Å². The predicted octanol–water partition coefficient (Wildman–Crippen LogP) is 2.97. The van der Waals surface area contributed by atoms with Gasteiger partial charge in [-0.25, -0.2) is 0 Å². The molecule has 0 aromatic heterocycles. The second-order valence-corrected chi connectivity index (χ2v) is 5.20. The van der Waals surface area contributed by atoms with E-state index < -0.39 is 0 Å². The van der Waals surface area contributed by atoms with Gasteiger partial charge < -0.3 is 10.1 Å². The second-order valence-electron chi connectivity index (χ2n) is 5.20. The number of hydrogen-bond acceptors (Lipinski definition) is 2. The van der Waals surface area contributed by atoms with Crippen LogP contribution in [0.5, 0.6) is 5.75 Å². The van der Waals surface area contributed by atoms with Crippen molar-refractivity contribution in [1.29, 1.82) is 0 Å². The smallest absolute Gasteiger partial charge is 0.119 e. The molecule has 94 valence electrons. The van der Waals surface area contributed by atoms with E-state index in [1.807, 2.05) is 7.05 Å². The van der Waals surface area contributed by atoms with Crippen molar-refractivity contribution in [3.63, 3.8) is 0 Å². The number of nitrogens with one attached hydrogen (secondary N) is 1. The van der Waals surface area contributed by atoms with Crippen LogP contribution in [0.25, 0.3) is 0 Å². The van der Waals surface area contributed by atoms with Crippen LogP contribution >= 0.6 is 0 Å². The highest BCUT2D eigenvalue weighted by Crippen LogP contribution is 2.38. The van der Waals surface area contributed by atoms with E-state index in [-0.39, 0.29) is 0 Å². The van der Waals surface area contributed by atoms with E-state index in [4.69, 9.17) is 4.74 Å². The summed E-state index contributed by atoms with van der Waals surface area (Å²) in [5.74, 6) is 2.49. The quantitative estimate of drug-likeness (QED) is 0.863. The minimum Gasteiger partial charge on any atom is -0.497 e. The Balaban J connectivity index is 2.25. The largest absolute Gasteiger partial charge is 0.497 e. The van der Waals surface area contributed by atoms with Crippen molar-refractivity contribution in [2.24, 2.45) is 5.92 Å². The molecule has 0 fully saturated rings. The molecule has 1 aromatic carbocycles. The summed E-state index contributed by atoms with van der Waals surface area (Å²) in [6, 6.07) is 6.57. The summed E-state index contributed by atoms with van der Waals surface area (Å²) in [5.41, 5.74) is 3.03. The molecule has 2 nitrogen and oxygen atoms in total. The Morgan fingerprint density at radius 2 is 2.24 bits per heavy atom. The molecule has 0 radical (unpaired) electrons. The fraction of sp³-hybridized carbons (Fsp3) is 0.600. The lowest BCUT2D eigenvalue weighted by atomic mass is 9.76. The van der Waals surface area contributed by atoms with E-state index in [0.29, 0.717) is 5.92 Å². The first-order valence-electron chi connectivity index (χ1n) is 6.56. The number of benzene rings is 1. The average molecular weight is 233 g/mol. The molecule has 2 heteroatoms. The van der Waals surface area contributed by atoms with Gasteiger partial charge in [-0.05, 0) is 68.0 Å². The molecule has 0 saturated carbocycles. The molecule has 1 aliphatic carbocycles. The Morgan fingerprint density at radius 1 is 1.41 bits per heavy atom. The minimum atomic E-state index is 0.691. The Morgan fingerprint density at radius 3 is 2.94 bits per heavy atom. The topological polar surface area (TPSA) is 21.3 Å². The monoisotopic (exact) mass is 233 g/mol. The first-order chi connectivity index (χ1) is 8.24. The van der Waals surface area contributed by atoms with Crippen molar-refractivity contribution in [3.05, 3.63) is 29.3 Å². The number of fused-ring (bicyclic) bond motifs is 1. The molecule has 1 aliphatic rings.